The second-order valence-corrected chi connectivity index (χ2v) is 8.47. The minimum Gasteiger partial charge on any atom is -0.508 e. The van der Waals surface area contributed by atoms with Crippen LogP contribution in [0.15, 0.2) is 54.6 Å². The number of hydrogen-bond acceptors (Lipinski definition) is 6. The summed E-state index contributed by atoms with van der Waals surface area (Å²) in [6.45, 7) is 0.000959. The Balaban J connectivity index is 1.73. The fourth-order valence-corrected chi connectivity index (χ4v) is 4.14. The molecule has 1 aliphatic heterocycles. The molecule has 1 aliphatic rings. The molecule has 2 aromatic rings. The van der Waals surface area contributed by atoms with Crippen molar-refractivity contribution >= 4 is 23.7 Å². The van der Waals surface area contributed by atoms with Crippen LogP contribution >= 0.6 is 0 Å². The molecule has 10 heteroatoms. The van der Waals surface area contributed by atoms with Crippen LogP contribution in [0.25, 0.3) is 0 Å². The third-order valence-corrected chi connectivity index (χ3v) is 5.93. The SMILES string of the molecule is NCC(=O)NC(Cc1ccc(O)cc1)C(=O)N1CCCC1C(=O)NC(Cc1ccccc1)C(=O)O. The molecule has 0 radical (unpaired) electrons. The summed E-state index contributed by atoms with van der Waals surface area (Å²) in [5, 5.41) is 24.3. The van der Waals surface area contributed by atoms with E-state index in [9.17, 15) is 29.4 Å². The van der Waals surface area contributed by atoms with E-state index in [1.807, 2.05) is 6.07 Å². The first kappa shape index (κ1) is 25.7. The third kappa shape index (κ3) is 7.03. The summed E-state index contributed by atoms with van der Waals surface area (Å²) in [6.07, 6.45) is 1.20. The van der Waals surface area contributed by atoms with Crippen molar-refractivity contribution in [2.24, 2.45) is 5.73 Å². The second kappa shape index (κ2) is 12.0. The molecule has 0 aliphatic carbocycles. The van der Waals surface area contributed by atoms with Gasteiger partial charge in [-0.3, -0.25) is 14.4 Å². The predicted octanol–water partition coefficient (Wildman–Crippen LogP) is 0.181. The van der Waals surface area contributed by atoms with Gasteiger partial charge in [0.2, 0.25) is 17.7 Å². The molecule has 0 aromatic heterocycles. The zero-order chi connectivity index (χ0) is 25.4. The Hall–Kier alpha value is -3.92. The largest absolute Gasteiger partial charge is 0.508 e. The van der Waals surface area contributed by atoms with E-state index in [4.69, 9.17) is 5.73 Å². The monoisotopic (exact) mass is 482 g/mol. The molecule has 0 saturated carbocycles. The van der Waals surface area contributed by atoms with Crippen LogP contribution in [0.3, 0.4) is 0 Å². The highest BCUT2D eigenvalue weighted by atomic mass is 16.4. The number of hydrogen-bond donors (Lipinski definition) is 5. The zero-order valence-electron chi connectivity index (χ0n) is 19.2. The van der Waals surface area contributed by atoms with Crippen molar-refractivity contribution in [3.05, 3.63) is 65.7 Å². The quantitative estimate of drug-likeness (QED) is 0.323. The van der Waals surface area contributed by atoms with Crippen LogP contribution in [-0.2, 0) is 32.0 Å². The number of nitrogens with zero attached hydrogens (tertiary/aromatic N) is 1. The normalized spacial score (nSPS) is 16.8. The maximum atomic E-state index is 13.4. The number of carbonyl (C=O) groups excluding carboxylic acids is 3. The first-order valence-corrected chi connectivity index (χ1v) is 11.4. The Morgan fingerprint density at radius 2 is 1.57 bits per heavy atom. The number of carbonyl (C=O) groups is 4. The van der Waals surface area contributed by atoms with Gasteiger partial charge in [0.25, 0.3) is 0 Å². The van der Waals surface area contributed by atoms with E-state index in [2.05, 4.69) is 10.6 Å². The van der Waals surface area contributed by atoms with Crippen LogP contribution < -0.4 is 16.4 Å². The van der Waals surface area contributed by atoms with E-state index >= 15 is 0 Å². The Labute approximate surface area is 203 Å². The summed E-state index contributed by atoms with van der Waals surface area (Å²) in [5.41, 5.74) is 6.88. The van der Waals surface area contributed by atoms with E-state index in [1.165, 1.54) is 17.0 Å². The number of phenols is 1. The molecule has 2 aromatic carbocycles. The topological polar surface area (TPSA) is 162 Å². The van der Waals surface area contributed by atoms with Crippen LogP contribution in [0.1, 0.15) is 24.0 Å². The molecule has 0 spiro atoms. The minimum absolute atomic E-state index is 0.0717. The molecule has 1 fully saturated rings. The summed E-state index contributed by atoms with van der Waals surface area (Å²) < 4.78 is 0. The molecule has 1 heterocycles. The third-order valence-electron chi connectivity index (χ3n) is 5.93. The van der Waals surface area contributed by atoms with Gasteiger partial charge >= 0.3 is 5.97 Å². The molecule has 3 rings (SSSR count). The predicted molar refractivity (Wildman–Crippen MR) is 127 cm³/mol. The van der Waals surface area contributed by atoms with Crippen LogP contribution in [0.5, 0.6) is 5.75 Å². The maximum absolute atomic E-state index is 13.4. The van der Waals surface area contributed by atoms with Crippen LogP contribution in [0.2, 0.25) is 0 Å². The van der Waals surface area contributed by atoms with Crippen molar-refractivity contribution in [2.45, 2.75) is 43.8 Å². The van der Waals surface area contributed by atoms with E-state index in [1.54, 1.807) is 36.4 Å². The highest BCUT2D eigenvalue weighted by Gasteiger charge is 2.38. The Bertz CT molecular complexity index is 1040. The molecular weight excluding hydrogens is 452 g/mol. The van der Waals surface area contributed by atoms with E-state index in [0.717, 1.165) is 5.56 Å². The summed E-state index contributed by atoms with van der Waals surface area (Å²) in [6, 6.07) is 12.2. The number of nitrogens with two attached hydrogens (primary N) is 1. The van der Waals surface area contributed by atoms with Crippen molar-refractivity contribution in [1.82, 2.24) is 15.5 Å². The fraction of sp³-hybridized carbons (Fsp3) is 0.360. The van der Waals surface area contributed by atoms with Crippen molar-refractivity contribution in [3.8, 4) is 5.75 Å². The van der Waals surface area contributed by atoms with Gasteiger partial charge in [-0.1, -0.05) is 42.5 Å². The molecule has 186 valence electrons. The van der Waals surface area contributed by atoms with Crippen molar-refractivity contribution < 1.29 is 29.4 Å². The first-order chi connectivity index (χ1) is 16.8. The van der Waals surface area contributed by atoms with Crippen LogP contribution in [-0.4, -0.2) is 70.0 Å². The Morgan fingerprint density at radius 1 is 0.943 bits per heavy atom. The number of carboxylic acids is 1. The van der Waals surface area contributed by atoms with Crippen molar-refractivity contribution in [3.63, 3.8) is 0 Å². The van der Waals surface area contributed by atoms with E-state index < -0.39 is 41.8 Å². The van der Waals surface area contributed by atoms with Gasteiger partial charge in [-0.15, -0.1) is 0 Å². The van der Waals surface area contributed by atoms with Gasteiger partial charge in [0.15, 0.2) is 0 Å². The molecule has 35 heavy (non-hydrogen) atoms. The number of rotatable bonds is 10. The lowest BCUT2D eigenvalue weighted by atomic mass is 10.0. The van der Waals surface area contributed by atoms with Crippen LogP contribution in [0.4, 0.5) is 0 Å². The maximum Gasteiger partial charge on any atom is 0.326 e. The molecule has 1 saturated heterocycles. The molecule has 3 unspecified atom stereocenters. The number of carboxylic acid groups (broad SMARTS) is 1. The number of benzene rings is 2. The van der Waals surface area contributed by atoms with Gasteiger partial charge in [0.05, 0.1) is 6.54 Å². The number of nitrogens with one attached hydrogen (secondary N) is 2. The van der Waals surface area contributed by atoms with Crippen molar-refractivity contribution in [1.29, 1.82) is 0 Å². The number of amides is 3. The standard InChI is InChI=1S/C25H30N4O6/c26-15-22(31)27-19(13-17-8-10-18(30)11-9-17)24(33)29-12-4-7-21(29)23(32)28-20(25(34)35)14-16-5-2-1-3-6-16/h1-3,5-6,8-11,19-21,30H,4,7,12-15,26H2,(H,27,31)(H,28,32)(H,34,35). The highest BCUT2D eigenvalue weighted by molar-refractivity contribution is 5.94. The molecule has 10 nitrogen and oxygen atoms in total. The second-order valence-electron chi connectivity index (χ2n) is 8.47. The highest BCUT2D eigenvalue weighted by Crippen LogP contribution is 2.21. The smallest absolute Gasteiger partial charge is 0.326 e. The number of aliphatic carboxylic acids is 1. The van der Waals surface area contributed by atoms with E-state index in [0.29, 0.717) is 24.9 Å². The number of likely N-dealkylation sites (tertiary alicyclic amines) is 1. The lowest BCUT2D eigenvalue weighted by Crippen LogP contribution is -2.56. The molecule has 3 amide bonds. The summed E-state index contributed by atoms with van der Waals surface area (Å²) >= 11 is 0. The van der Waals surface area contributed by atoms with Gasteiger partial charge in [-0.25, -0.2) is 4.79 Å². The van der Waals surface area contributed by atoms with Gasteiger partial charge in [0, 0.05) is 19.4 Å². The zero-order valence-corrected chi connectivity index (χ0v) is 19.2. The summed E-state index contributed by atoms with van der Waals surface area (Å²) in [5.74, 6) is -2.61. The number of aromatic hydroxyl groups is 1. The van der Waals surface area contributed by atoms with Gasteiger partial charge in [-0.2, -0.15) is 0 Å². The molecule has 0 bridgehead atoms. The summed E-state index contributed by atoms with van der Waals surface area (Å²) in [4.78, 5) is 51.7. The number of phenolic OH excluding ortho intramolecular Hbond substituents is 1. The average molecular weight is 483 g/mol. The Kier molecular flexibility index (Phi) is 8.80. The van der Waals surface area contributed by atoms with Gasteiger partial charge in [0.1, 0.15) is 23.9 Å². The van der Waals surface area contributed by atoms with Crippen LogP contribution in [0, 0.1) is 0 Å². The van der Waals surface area contributed by atoms with Crippen molar-refractivity contribution in [2.75, 3.05) is 13.1 Å². The lowest BCUT2D eigenvalue weighted by Gasteiger charge is -2.29. The molecule has 6 N–H and O–H groups in total. The first-order valence-electron chi connectivity index (χ1n) is 11.4. The summed E-state index contributed by atoms with van der Waals surface area (Å²) in [7, 11) is 0. The fourth-order valence-electron chi connectivity index (χ4n) is 4.14. The molecule has 3 atom stereocenters. The minimum atomic E-state index is -1.17. The van der Waals surface area contributed by atoms with Gasteiger partial charge < -0.3 is 31.5 Å². The molecular formula is C25H30N4O6. The average Bonchev–Trinajstić information content (AvgIpc) is 3.34. The Morgan fingerprint density at radius 3 is 2.20 bits per heavy atom. The van der Waals surface area contributed by atoms with E-state index in [-0.39, 0.29) is 25.1 Å². The lowest BCUT2D eigenvalue weighted by molar-refractivity contribution is -0.144. The van der Waals surface area contributed by atoms with Gasteiger partial charge in [-0.05, 0) is 36.1 Å².